The molecule has 22 heavy (non-hydrogen) atoms. The molecule has 0 aromatic heterocycles. The van der Waals surface area contributed by atoms with Gasteiger partial charge >= 0.3 is 5.69 Å². The van der Waals surface area contributed by atoms with Crippen molar-refractivity contribution in [3.8, 4) is 5.75 Å². The van der Waals surface area contributed by atoms with E-state index in [9.17, 15) is 14.9 Å². The van der Waals surface area contributed by atoms with Gasteiger partial charge in [-0.2, -0.15) is 0 Å². The van der Waals surface area contributed by atoms with Gasteiger partial charge in [-0.05, 0) is 37.3 Å². The van der Waals surface area contributed by atoms with Crippen LogP contribution in [-0.2, 0) is 4.79 Å². The van der Waals surface area contributed by atoms with Crippen LogP contribution in [0.15, 0.2) is 18.2 Å². The summed E-state index contributed by atoms with van der Waals surface area (Å²) < 4.78 is 5.34. The molecule has 2 unspecified atom stereocenters. The minimum absolute atomic E-state index is 0.112. The van der Waals surface area contributed by atoms with Gasteiger partial charge in [0.1, 0.15) is 0 Å². The van der Waals surface area contributed by atoms with Crippen molar-refractivity contribution in [2.24, 2.45) is 5.92 Å². The average Bonchev–Trinajstić information content (AvgIpc) is 2.48. The van der Waals surface area contributed by atoms with Gasteiger partial charge in [0.2, 0.25) is 0 Å². The number of benzene rings is 1. The van der Waals surface area contributed by atoms with Crippen LogP contribution in [0.25, 0.3) is 0 Å². The maximum Gasteiger partial charge on any atom is 0.311 e. The number of ether oxygens (including phenoxy) is 1. The largest absolute Gasteiger partial charge is 0.477 e. The third-order valence-electron chi connectivity index (χ3n) is 4.13. The van der Waals surface area contributed by atoms with Crippen LogP contribution >= 0.6 is 0 Å². The van der Waals surface area contributed by atoms with E-state index in [1.165, 1.54) is 18.6 Å². The van der Waals surface area contributed by atoms with E-state index < -0.39 is 4.92 Å². The fourth-order valence-corrected chi connectivity index (χ4v) is 2.81. The van der Waals surface area contributed by atoms with Crippen molar-refractivity contribution >= 4 is 11.6 Å². The Morgan fingerprint density at radius 3 is 2.82 bits per heavy atom. The van der Waals surface area contributed by atoms with Crippen LogP contribution in [0.3, 0.4) is 0 Å². The molecule has 1 aliphatic rings. The molecule has 1 N–H and O–H groups in total. The number of nitrogens with one attached hydrogen (secondary N) is 1. The number of hydrogen-bond acceptors (Lipinski definition) is 4. The quantitative estimate of drug-likeness (QED) is 0.669. The number of aryl methyl sites for hydroxylation is 1. The van der Waals surface area contributed by atoms with Gasteiger partial charge in [0, 0.05) is 12.1 Å². The van der Waals surface area contributed by atoms with Crippen LogP contribution in [0, 0.1) is 23.0 Å². The standard InChI is InChI=1S/C16H22N2O4/c1-11-7-8-15(14(9-11)18(20)21)22-10-16(19)17-13-6-4-3-5-12(13)2/h7-9,12-13H,3-6,10H2,1-2H3,(H,17,19). The molecular formula is C16H22N2O4. The second-order valence-corrected chi connectivity index (χ2v) is 5.95. The van der Waals surface area contributed by atoms with E-state index in [0.717, 1.165) is 24.8 Å². The first-order chi connectivity index (χ1) is 10.5. The number of nitrogens with zero attached hydrogens (tertiary/aromatic N) is 1. The number of amides is 1. The maximum atomic E-state index is 12.0. The normalized spacial score (nSPS) is 21.2. The lowest BCUT2D eigenvalue weighted by Crippen LogP contribution is -2.43. The monoisotopic (exact) mass is 306 g/mol. The van der Waals surface area contributed by atoms with Crippen LogP contribution in [0.5, 0.6) is 5.75 Å². The average molecular weight is 306 g/mol. The molecule has 120 valence electrons. The van der Waals surface area contributed by atoms with Crippen molar-refractivity contribution in [3.63, 3.8) is 0 Å². The molecule has 6 heteroatoms. The molecule has 2 atom stereocenters. The van der Waals surface area contributed by atoms with Crippen LogP contribution in [0.1, 0.15) is 38.2 Å². The number of nitro benzene ring substituents is 1. The van der Waals surface area contributed by atoms with E-state index in [1.807, 2.05) is 0 Å². The highest BCUT2D eigenvalue weighted by atomic mass is 16.6. The summed E-state index contributed by atoms with van der Waals surface area (Å²) in [6, 6.07) is 4.88. The lowest BCUT2D eigenvalue weighted by molar-refractivity contribution is -0.385. The van der Waals surface area contributed by atoms with Crippen LogP contribution in [0.2, 0.25) is 0 Å². The highest BCUT2D eigenvalue weighted by molar-refractivity contribution is 5.78. The molecule has 1 fully saturated rings. The molecule has 1 aromatic carbocycles. The Labute approximate surface area is 130 Å². The van der Waals surface area contributed by atoms with Crippen molar-refractivity contribution in [1.29, 1.82) is 0 Å². The number of hydrogen-bond donors (Lipinski definition) is 1. The fraction of sp³-hybridized carbons (Fsp3) is 0.562. The summed E-state index contributed by atoms with van der Waals surface area (Å²) in [6.07, 6.45) is 4.44. The maximum absolute atomic E-state index is 12.0. The second kappa shape index (κ2) is 7.24. The predicted molar refractivity (Wildman–Crippen MR) is 82.9 cm³/mol. The van der Waals surface area contributed by atoms with Gasteiger partial charge in [0.05, 0.1) is 4.92 Å². The molecule has 1 amide bonds. The Morgan fingerprint density at radius 2 is 2.14 bits per heavy atom. The zero-order valence-electron chi connectivity index (χ0n) is 13.0. The Hall–Kier alpha value is -2.11. The van der Waals surface area contributed by atoms with Crippen LogP contribution < -0.4 is 10.1 Å². The van der Waals surface area contributed by atoms with Crippen molar-refractivity contribution in [3.05, 3.63) is 33.9 Å². The van der Waals surface area contributed by atoms with E-state index in [2.05, 4.69) is 12.2 Å². The van der Waals surface area contributed by atoms with Crippen molar-refractivity contribution < 1.29 is 14.5 Å². The molecular weight excluding hydrogens is 284 g/mol. The van der Waals surface area contributed by atoms with Crippen molar-refractivity contribution in [1.82, 2.24) is 5.32 Å². The first-order valence-corrected chi connectivity index (χ1v) is 7.64. The molecule has 1 aromatic rings. The first-order valence-electron chi connectivity index (χ1n) is 7.64. The molecule has 1 aliphatic carbocycles. The first kappa shape index (κ1) is 16.3. The molecule has 0 bridgehead atoms. The van der Waals surface area contributed by atoms with Gasteiger partial charge in [-0.1, -0.05) is 25.8 Å². The molecule has 0 radical (unpaired) electrons. The lowest BCUT2D eigenvalue weighted by atomic mass is 9.86. The number of nitro groups is 1. The SMILES string of the molecule is Cc1ccc(OCC(=O)NC2CCCCC2C)c([N+](=O)[O-])c1. The van der Waals surface area contributed by atoms with E-state index in [1.54, 1.807) is 13.0 Å². The van der Waals surface area contributed by atoms with E-state index in [4.69, 9.17) is 4.74 Å². The van der Waals surface area contributed by atoms with Gasteiger partial charge in [-0.15, -0.1) is 0 Å². The highest BCUT2D eigenvalue weighted by Crippen LogP contribution is 2.28. The Morgan fingerprint density at radius 1 is 1.41 bits per heavy atom. The van der Waals surface area contributed by atoms with Gasteiger partial charge in [-0.25, -0.2) is 0 Å². The minimum atomic E-state index is -0.497. The molecule has 6 nitrogen and oxygen atoms in total. The second-order valence-electron chi connectivity index (χ2n) is 5.95. The summed E-state index contributed by atoms with van der Waals surface area (Å²) >= 11 is 0. The molecule has 2 rings (SSSR count). The number of rotatable bonds is 5. The Bertz CT molecular complexity index is 559. The molecule has 0 aliphatic heterocycles. The summed E-state index contributed by atoms with van der Waals surface area (Å²) in [5.41, 5.74) is 0.665. The zero-order valence-corrected chi connectivity index (χ0v) is 13.0. The highest BCUT2D eigenvalue weighted by Gasteiger charge is 2.23. The third kappa shape index (κ3) is 4.19. The zero-order chi connectivity index (χ0) is 16.1. The molecule has 0 heterocycles. The summed E-state index contributed by atoms with van der Waals surface area (Å²) in [7, 11) is 0. The predicted octanol–water partition coefficient (Wildman–Crippen LogP) is 2.98. The van der Waals surface area contributed by atoms with Gasteiger partial charge in [-0.3, -0.25) is 14.9 Å². The van der Waals surface area contributed by atoms with E-state index >= 15 is 0 Å². The fourth-order valence-electron chi connectivity index (χ4n) is 2.81. The van der Waals surface area contributed by atoms with Gasteiger partial charge in [0.15, 0.2) is 12.4 Å². The molecule has 1 saturated carbocycles. The lowest BCUT2D eigenvalue weighted by Gasteiger charge is -2.29. The Kier molecular flexibility index (Phi) is 5.35. The van der Waals surface area contributed by atoms with Crippen molar-refractivity contribution in [2.75, 3.05) is 6.61 Å². The van der Waals surface area contributed by atoms with Crippen LogP contribution in [-0.4, -0.2) is 23.5 Å². The van der Waals surface area contributed by atoms with Gasteiger partial charge < -0.3 is 10.1 Å². The van der Waals surface area contributed by atoms with Crippen LogP contribution in [0.4, 0.5) is 5.69 Å². The third-order valence-corrected chi connectivity index (χ3v) is 4.13. The Balaban J connectivity index is 1.92. The minimum Gasteiger partial charge on any atom is -0.477 e. The van der Waals surface area contributed by atoms with Crippen molar-refractivity contribution in [2.45, 2.75) is 45.6 Å². The summed E-state index contributed by atoms with van der Waals surface area (Å²) in [4.78, 5) is 22.5. The van der Waals surface area contributed by atoms with E-state index in [0.29, 0.717) is 5.92 Å². The number of carbonyl (C=O) groups is 1. The number of carbonyl (C=O) groups excluding carboxylic acids is 1. The topological polar surface area (TPSA) is 81.5 Å². The smallest absolute Gasteiger partial charge is 0.311 e. The summed E-state index contributed by atoms with van der Waals surface area (Å²) in [5.74, 6) is 0.363. The summed E-state index contributed by atoms with van der Waals surface area (Å²) in [5, 5.41) is 14.0. The van der Waals surface area contributed by atoms with E-state index in [-0.39, 0.29) is 30.0 Å². The van der Waals surface area contributed by atoms with Gasteiger partial charge in [0.25, 0.3) is 5.91 Å². The summed E-state index contributed by atoms with van der Waals surface area (Å²) in [6.45, 7) is 3.71. The molecule has 0 saturated heterocycles. The molecule has 0 spiro atoms.